The molecule has 18 heavy (non-hydrogen) atoms. The SMILES string of the molecule is NS(=O)(=O)C1CC(=O)N(c2cc(Cl)c(Cl)cn2)C1. The molecule has 1 aliphatic rings. The molecule has 0 radical (unpaired) electrons. The third-order valence-electron chi connectivity index (χ3n) is 2.62. The number of hydrogen-bond acceptors (Lipinski definition) is 4. The number of primary sulfonamides is 1. The first kappa shape index (κ1) is 13.5. The maximum atomic E-state index is 11.7. The lowest BCUT2D eigenvalue weighted by Gasteiger charge is -2.15. The number of rotatable bonds is 2. The third kappa shape index (κ3) is 2.59. The summed E-state index contributed by atoms with van der Waals surface area (Å²) in [7, 11) is -3.74. The number of aromatic nitrogens is 1. The van der Waals surface area contributed by atoms with Gasteiger partial charge in [0, 0.05) is 25.2 Å². The highest BCUT2D eigenvalue weighted by molar-refractivity contribution is 7.89. The number of sulfonamides is 1. The molecule has 0 aliphatic carbocycles. The van der Waals surface area contributed by atoms with Crippen molar-refractivity contribution in [1.82, 2.24) is 4.98 Å². The van der Waals surface area contributed by atoms with Crippen molar-refractivity contribution in [2.24, 2.45) is 5.14 Å². The number of carbonyl (C=O) groups excluding carboxylic acids is 1. The number of hydrogen-bond donors (Lipinski definition) is 1. The summed E-state index contributed by atoms with van der Waals surface area (Å²) in [5.41, 5.74) is 0. The van der Waals surface area contributed by atoms with Gasteiger partial charge in [0.15, 0.2) is 0 Å². The molecule has 1 aromatic rings. The monoisotopic (exact) mass is 309 g/mol. The zero-order chi connectivity index (χ0) is 13.5. The van der Waals surface area contributed by atoms with E-state index in [-0.39, 0.29) is 34.7 Å². The largest absolute Gasteiger partial charge is 0.295 e. The second-order valence-electron chi connectivity index (χ2n) is 3.88. The van der Waals surface area contributed by atoms with Crippen LogP contribution < -0.4 is 10.0 Å². The summed E-state index contributed by atoms with van der Waals surface area (Å²) in [5.74, 6) is -0.0968. The summed E-state index contributed by atoms with van der Waals surface area (Å²) in [6, 6.07) is 1.41. The zero-order valence-electron chi connectivity index (χ0n) is 9.01. The van der Waals surface area contributed by atoms with Gasteiger partial charge in [-0.05, 0) is 0 Å². The maximum Gasteiger partial charge on any atom is 0.229 e. The van der Waals surface area contributed by atoms with E-state index in [1.165, 1.54) is 17.2 Å². The van der Waals surface area contributed by atoms with Gasteiger partial charge in [0.05, 0.1) is 10.0 Å². The van der Waals surface area contributed by atoms with E-state index >= 15 is 0 Å². The minimum Gasteiger partial charge on any atom is -0.295 e. The van der Waals surface area contributed by atoms with Crippen LogP contribution in [0.1, 0.15) is 6.42 Å². The first-order valence-electron chi connectivity index (χ1n) is 4.92. The Labute approximate surface area is 114 Å². The fourth-order valence-electron chi connectivity index (χ4n) is 1.67. The number of nitrogens with two attached hydrogens (primary N) is 1. The highest BCUT2D eigenvalue weighted by atomic mass is 35.5. The molecule has 1 saturated heterocycles. The molecule has 9 heteroatoms. The van der Waals surface area contributed by atoms with E-state index in [1.807, 2.05) is 0 Å². The molecular weight excluding hydrogens is 301 g/mol. The molecule has 0 saturated carbocycles. The number of pyridine rings is 1. The maximum absolute atomic E-state index is 11.7. The molecule has 98 valence electrons. The molecule has 0 aromatic carbocycles. The molecule has 6 nitrogen and oxygen atoms in total. The minimum absolute atomic E-state index is 0.0252. The Balaban J connectivity index is 2.30. The van der Waals surface area contributed by atoms with Gasteiger partial charge in [-0.1, -0.05) is 23.2 Å². The van der Waals surface area contributed by atoms with Crippen molar-refractivity contribution in [2.75, 3.05) is 11.4 Å². The van der Waals surface area contributed by atoms with Crippen molar-refractivity contribution in [3.05, 3.63) is 22.3 Å². The molecule has 1 unspecified atom stereocenters. The van der Waals surface area contributed by atoms with Crippen LogP contribution in [0, 0.1) is 0 Å². The lowest BCUT2D eigenvalue weighted by atomic mass is 10.4. The van der Waals surface area contributed by atoms with Crippen molar-refractivity contribution in [3.8, 4) is 0 Å². The van der Waals surface area contributed by atoms with Gasteiger partial charge in [0.25, 0.3) is 0 Å². The van der Waals surface area contributed by atoms with E-state index in [0.29, 0.717) is 0 Å². The zero-order valence-corrected chi connectivity index (χ0v) is 11.3. The van der Waals surface area contributed by atoms with Crippen LogP contribution in [0.3, 0.4) is 0 Å². The fourth-order valence-corrected chi connectivity index (χ4v) is 2.65. The second kappa shape index (κ2) is 4.65. The van der Waals surface area contributed by atoms with E-state index in [4.69, 9.17) is 28.3 Å². The first-order chi connectivity index (χ1) is 8.29. The number of anilines is 1. The van der Waals surface area contributed by atoms with Gasteiger partial charge in [-0.3, -0.25) is 9.69 Å². The van der Waals surface area contributed by atoms with Gasteiger partial charge in [0.1, 0.15) is 11.1 Å². The van der Waals surface area contributed by atoms with Gasteiger partial charge in [-0.15, -0.1) is 0 Å². The van der Waals surface area contributed by atoms with Crippen LogP contribution >= 0.6 is 23.2 Å². The lowest BCUT2D eigenvalue weighted by Crippen LogP contribution is -2.32. The molecule has 1 aromatic heterocycles. The van der Waals surface area contributed by atoms with Crippen LogP contribution in [0.5, 0.6) is 0 Å². The Morgan fingerprint density at radius 2 is 2.06 bits per heavy atom. The van der Waals surface area contributed by atoms with Crippen molar-refractivity contribution < 1.29 is 13.2 Å². The Kier molecular flexibility index (Phi) is 3.50. The van der Waals surface area contributed by atoms with Crippen molar-refractivity contribution >= 4 is 45.0 Å². The predicted octanol–water partition coefficient (Wildman–Crippen LogP) is 0.782. The molecule has 1 aliphatic heterocycles. The standard InChI is InChI=1S/C9H9Cl2N3O3S/c10-6-2-8(13-3-7(6)11)14-4-5(1-9(14)15)18(12,16)17/h2-3,5H,1,4H2,(H2,12,16,17). The number of amides is 1. The van der Waals surface area contributed by atoms with Gasteiger partial charge < -0.3 is 0 Å². The average molecular weight is 310 g/mol. The fraction of sp³-hybridized carbons (Fsp3) is 0.333. The summed E-state index contributed by atoms with van der Waals surface area (Å²) in [5, 5.41) is 4.61. The summed E-state index contributed by atoms with van der Waals surface area (Å²) in [6.45, 7) is -0.0252. The summed E-state index contributed by atoms with van der Waals surface area (Å²) < 4.78 is 22.4. The Hall–Kier alpha value is -0.890. The van der Waals surface area contributed by atoms with E-state index in [9.17, 15) is 13.2 Å². The van der Waals surface area contributed by atoms with Crippen LogP contribution in [0.4, 0.5) is 5.82 Å². The molecule has 2 heterocycles. The third-order valence-corrected chi connectivity index (χ3v) is 4.58. The molecule has 1 amide bonds. The van der Waals surface area contributed by atoms with Crippen LogP contribution in [0.25, 0.3) is 0 Å². The highest BCUT2D eigenvalue weighted by Crippen LogP contribution is 2.28. The molecule has 2 N–H and O–H groups in total. The van der Waals surface area contributed by atoms with E-state index in [1.54, 1.807) is 0 Å². The van der Waals surface area contributed by atoms with Crippen LogP contribution in [-0.2, 0) is 14.8 Å². The topological polar surface area (TPSA) is 93.4 Å². The molecular formula is C9H9Cl2N3O3S. The van der Waals surface area contributed by atoms with E-state index in [0.717, 1.165) is 0 Å². The summed E-state index contributed by atoms with van der Waals surface area (Å²) in [4.78, 5) is 16.9. The van der Waals surface area contributed by atoms with Gasteiger partial charge in [-0.2, -0.15) is 0 Å². The van der Waals surface area contributed by atoms with Crippen molar-refractivity contribution in [3.63, 3.8) is 0 Å². The van der Waals surface area contributed by atoms with Crippen LogP contribution in [0.15, 0.2) is 12.3 Å². The minimum atomic E-state index is -3.74. The first-order valence-corrected chi connectivity index (χ1v) is 7.28. The number of nitrogens with zero attached hydrogens (tertiary/aromatic N) is 2. The summed E-state index contributed by atoms with van der Waals surface area (Å²) >= 11 is 11.5. The second-order valence-corrected chi connectivity index (χ2v) is 6.54. The van der Waals surface area contributed by atoms with Gasteiger partial charge in [0.2, 0.25) is 15.9 Å². The lowest BCUT2D eigenvalue weighted by molar-refractivity contribution is -0.117. The van der Waals surface area contributed by atoms with Gasteiger partial charge in [-0.25, -0.2) is 18.5 Å². The smallest absolute Gasteiger partial charge is 0.229 e. The van der Waals surface area contributed by atoms with E-state index < -0.39 is 15.3 Å². The average Bonchev–Trinajstić information content (AvgIpc) is 2.64. The summed E-state index contributed by atoms with van der Waals surface area (Å²) in [6.07, 6.45) is 1.15. The molecule has 1 atom stereocenters. The molecule has 0 bridgehead atoms. The Morgan fingerprint density at radius 1 is 1.39 bits per heavy atom. The van der Waals surface area contributed by atoms with Crippen molar-refractivity contribution in [1.29, 1.82) is 0 Å². The van der Waals surface area contributed by atoms with E-state index in [2.05, 4.69) is 4.98 Å². The normalized spacial score (nSPS) is 20.5. The van der Waals surface area contributed by atoms with Crippen molar-refractivity contribution in [2.45, 2.75) is 11.7 Å². The Bertz CT molecular complexity index is 605. The van der Waals surface area contributed by atoms with Crippen LogP contribution in [0.2, 0.25) is 10.0 Å². The molecule has 2 rings (SSSR count). The molecule has 1 fully saturated rings. The Morgan fingerprint density at radius 3 is 2.56 bits per heavy atom. The molecule has 0 spiro atoms. The predicted molar refractivity (Wildman–Crippen MR) is 68.1 cm³/mol. The highest BCUT2D eigenvalue weighted by Gasteiger charge is 2.37. The van der Waals surface area contributed by atoms with Gasteiger partial charge >= 0.3 is 0 Å². The number of carbonyl (C=O) groups is 1. The van der Waals surface area contributed by atoms with Crippen LogP contribution in [-0.4, -0.2) is 31.1 Å². The quantitative estimate of drug-likeness (QED) is 0.873. The number of halogens is 2.